The van der Waals surface area contributed by atoms with E-state index in [9.17, 15) is 14.3 Å². The summed E-state index contributed by atoms with van der Waals surface area (Å²) in [5, 5.41) is 10.0. The van der Waals surface area contributed by atoms with Gasteiger partial charge in [-0.1, -0.05) is 24.2 Å². The van der Waals surface area contributed by atoms with Crippen LogP contribution in [0.15, 0.2) is 43.2 Å². The van der Waals surface area contributed by atoms with Crippen LogP contribution in [0.2, 0.25) is 5.02 Å². The Kier molecular flexibility index (Phi) is 5.00. The van der Waals surface area contributed by atoms with Gasteiger partial charge in [0.1, 0.15) is 17.1 Å². The molecule has 150 valence electrons. The van der Waals surface area contributed by atoms with E-state index in [1.165, 1.54) is 30.6 Å². The van der Waals surface area contributed by atoms with Crippen LogP contribution in [0.25, 0.3) is 22.2 Å². The highest BCUT2D eigenvalue weighted by atomic mass is 35.5. The Morgan fingerprint density at radius 2 is 2.14 bits per heavy atom. The molecule has 0 bridgehead atoms. The molecule has 5 nitrogen and oxygen atoms in total. The van der Waals surface area contributed by atoms with Gasteiger partial charge in [0.2, 0.25) is 5.91 Å². The van der Waals surface area contributed by atoms with Crippen molar-refractivity contribution in [1.82, 2.24) is 14.5 Å². The second-order valence-corrected chi connectivity index (χ2v) is 7.39. The average molecular weight is 418 g/mol. The topological polar surface area (TPSA) is 58.4 Å². The second kappa shape index (κ2) is 7.48. The van der Waals surface area contributed by atoms with Gasteiger partial charge >= 0.3 is 0 Å². The lowest BCUT2D eigenvalue weighted by molar-refractivity contribution is -0.127. The first kappa shape index (κ1) is 19.4. The zero-order valence-electron chi connectivity index (χ0n) is 15.4. The van der Waals surface area contributed by atoms with Gasteiger partial charge in [-0.15, -0.1) is 0 Å². The Bertz CT molecular complexity index is 1110. The van der Waals surface area contributed by atoms with Crippen molar-refractivity contribution in [3.05, 3.63) is 59.9 Å². The Hall–Kier alpha value is -2.93. The SMILES string of the molecule is C=CC(=O)N1CCCC(n2cnc3c(F)c(-c4c(O)cccc4F)c(Cl)cc32)C1. The number of aromatic nitrogens is 2. The van der Waals surface area contributed by atoms with Crippen LogP contribution in [-0.4, -0.2) is 38.6 Å². The summed E-state index contributed by atoms with van der Waals surface area (Å²) in [6, 6.07) is 5.14. The molecular formula is C21H18ClF2N3O2. The first-order valence-electron chi connectivity index (χ1n) is 9.16. The highest BCUT2D eigenvalue weighted by Crippen LogP contribution is 2.41. The third-order valence-electron chi connectivity index (χ3n) is 5.28. The van der Waals surface area contributed by atoms with Crippen LogP contribution in [0, 0.1) is 11.6 Å². The summed E-state index contributed by atoms with van der Waals surface area (Å²) < 4.78 is 31.4. The number of likely N-dealkylation sites (tertiary alicyclic amines) is 1. The number of benzene rings is 2. The average Bonchev–Trinajstić information content (AvgIpc) is 3.13. The van der Waals surface area contributed by atoms with Crippen LogP contribution in [0.4, 0.5) is 8.78 Å². The molecule has 29 heavy (non-hydrogen) atoms. The number of aromatic hydroxyl groups is 1. The molecule has 1 aromatic heterocycles. The summed E-state index contributed by atoms with van der Waals surface area (Å²) in [6.07, 6.45) is 4.36. The van der Waals surface area contributed by atoms with Crippen molar-refractivity contribution in [1.29, 1.82) is 0 Å². The van der Waals surface area contributed by atoms with E-state index in [0.29, 0.717) is 18.6 Å². The van der Waals surface area contributed by atoms with Gasteiger partial charge in [0.25, 0.3) is 0 Å². The van der Waals surface area contributed by atoms with Gasteiger partial charge in [-0.25, -0.2) is 13.8 Å². The van der Waals surface area contributed by atoms with Crippen LogP contribution in [0.3, 0.4) is 0 Å². The number of hydrogen-bond acceptors (Lipinski definition) is 3. The predicted molar refractivity (Wildman–Crippen MR) is 107 cm³/mol. The van der Waals surface area contributed by atoms with E-state index in [-0.39, 0.29) is 33.6 Å². The predicted octanol–water partition coefficient (Wildman–Crippen LogP) is 4.69. The van der Waals surface area contributed by atoms with Crippen molar-refractivity contribution in [2.45, 2.75) is 18.9 Å². The maximum Gasteiger partial charge on any atom is 0.246 e. The molecule has 1 N–H and O–H groups in total. The molecule has 1 saturated heterocycles. The third kappa shape index (κ3) is 3.25. The molecule has 1 aliphatic rings. The Labute approximate surface area is 170 Å². The van der Waals surface area contributed by atoms with Crippen molar-refractivity contribution in [3.63, 3.8) is 0 Å². The molecule has 1 amide bonds. The Balaban J connectivity index is 1.81. The van der Waals surface area contributed by atoms with Gasteiger partial charge in [0, 0.05) is 18.7 Å². The quantitative estimate of drug-likeness (QED) is 0.629. The zero-order valence-corrected chi connectivity index (χ0v) is 16.2. The fourth-order valence-corrected chi connectivity index (χ4v) is 4.17. The van der Waals surface area contributed by atoms with E-state index in [0.717, 1.165) is 18.9 Å². The number of rotatable bonds is 3. The number of piperidine rings is 1. The number of nitrogens with zero attached hydrogens (tertiary/aromatic N) is 3. The number of carbonyl (C=O) groups is 1. The largest absolute Gasteiger partial charge is 0.507 e. The van der Waals surface area contributed by atoms with E-state index in [4.69, 9.17) is 11.6 Å². The molecule has 2 heterocycles. The fourth-order valence-electron chi connectivity index (χ4n) is 3.89. The standard InChI is InChI=1S/C21H18ClF2N3O2/c1-2-17(29)26-8-4-5-12(10-26)27-11-25-21-15(27)9-13(22)18(20(21)24)19-14(23)6-3-7-16(19)28/h2-3,6-7,9,11-12,28H,1,4-5,8,10H2. The molecule has 4 rings (SSSR count). The normalized spacial score (nSPS) is 16.9. The monoisotopic (exact) mass is 417 g/mol. The van der Waals surface area contributed by atoms with Crippen molar-refractivity contribution in [3.8, 4) is 16.9 Å². The van der Waals surface area contributed by atoms with Crippen LogP contribution in [-0.2, 0) is 4.79 Å². The molecule has 0 spiro atoms. The number of phenolic OH excluding ortho intramolecular Hbond substituents is 1. The number of carbonyl (C=O) groups excluding carboxylic acids is 1. The molecule has 0 aliphatic carbocycles. The van der Waals surface area contributed by atoms with Crippen LogP contribution in [0.1, 0.15) is 18.9 Å². The Morgan fingerprint density at radius 1 is 1.34 bits per heavy atom. The minimum absolute atomic E-state index is 0.0271. The lowest BCUT2D eigenvalue weighted by Crippen LogP contribution is -2.39. The number of amides is 1. The van der Waals surface area contributed by atoms with E-state index in [1.807, 2.05) is 0 Å². The molecule has 1 aliphatic heterocycles. The highest BCUT2D eigenvalue weighted by Gasteiger charge is 2.27. The van der Waals surface area contributed by atoms with Crippen molar-refractivity contribution < 1.29 is 18.7 Å². The molecule has 1 unspecified atom stereocenters. The second-order valence-electron chi connectivity index (χ2n) is 6.99. The van der Waals surface area contributed by atoms with Crippen LogP contribution < -0.4 is 0 Å². The van der Waals surface area contributed by atoms with E-state index in [2.05, 4.69) is 11.6 Å². The van der Waals surface area contributed by atoms with Crippen molar-refractivity contribution >= 4 is 28.5 Å². The first-order chi connectivity index (χ1) is 13.9. The lowest BCUT2D eigenvalue weighted by Gasteiger charge is -2.33. The highest BCUT2D eigenvalue weighted by molar-refractivity contribution is 6.34. The molecule has 2 aromatic carbocycles. The van der Waals surface area contributed by atoms with Gasteiger partial charge in [-0.3, -0.25) is 4.79 Å². The van der Waals surface area contributed by atoms with Crippen molar-refractivity contribution in [2.24, 2.45) is 0 Å². The number of phenols is 1. The van der Waals surface area contributed by atoms with E-state index >= 15 is 4.39 Å². The molecule has 0 saturated carbocycles. The molecule has 8 heteroatoms. The molecule has 0 radical (unpaired) electrons. The summed E-state index contributed by atoms with van der Waals surface area (Å²) in [4.78, 5) is 17.8. The summed E-state index contributed by atoms with van der Waals surface area (Å²) in [5.41, 5.74) is -0.0526. The Morgan fingerprint density at radius 3 is 2.86 bits per heavy atom. The lowest BCUT2D eigenvalue weighted by atomic mass is 10.0. The number of hydrogen-bond donors (Lipinski definition) is 1. The number of halogens is 3. The smallest absolute Gasteiger partial charge is 0.246 e. The minimum Gasteiger partial charge on any atom is -0.507 e. The number of fused-ring (bicyclic) bond motifs is 1. The fraction of sp³-hybridized carbons (Fsp3) is 0.238. The number of imidazole rings is 1. The maximum atomic E-state index is 15.3. The van der Waals surface area contributed by atoms with Gasteiger partial charge in [-0.2, -0.15) is 0 Å². The summed E-state index contributed by atoms with van der Waals surface area (Å²) in [5.74, 6) is -2.15. The molecule has 1 atom stereocenters. The van der Waals surface area contributed by atoms with Gasteiger partial charge in [0.15, 0.2) is 5.82 Å². The minimum atomic E-state index is -0.804. The van der Waals surface area contributed by atoms with E-state index < -0.39 is 17.4 Å². The van der Waals surface area contributed by atoms with Gasteiger partial charge in [-0.05, 0) is 37.1 Å². The van der Waals surface area contributed by atoms with Crippen molar-refractivity contribution in [2.75, 3.05) is 13.1 Å². The summed E-state index contributed by atoms with van der Waals surface area (Å²) in [7, 11) is 0. The van der Waals surface area contributed by atoms with E-state index in [1.54, 1.807) is 9.47 Å². The maximum absolute atomic E-state index is 15.3. The zero-order chi connectivity index (χ0) is 20.7. The van der Waals surface area contributed by atoms with Crippen LogP contribution >= 0.6 is 11.6 Å². The summed E-state index contributed by atoms with van der Waals surface area (Å²) in [6.45, 7) is 4.61. The molecular weight excluding hydrogens is 400 g/mol. The summed E-state index contributed by atoms with van der Waals surface area (Å²) >= 11 is 6.32. The first-order valence-corrected chi connectivity index (χ1v) is 9.54. The third-order valence-corrected chi connectivity index (χ3v) is 5.58. The van der Waals surface area contributed by atoms with Gasteiger partial charge in [0.05, 0.1) is 28.5 Å². The van der Waals surface area contributed by atoms with Crippen LogP contribution in [0.5, 0.6) is 5.75 Å². The molecule has 3 aromatic rings. The van der Waals surface area contributed by atoms with Gasteiger partial charge < -0.3 is 14.6 Å². The molecule has 1 fully saturated rings.